The van der Waals surface area contributed by atoms with Gasteiger partial charge in [-0.2, -0.15) is 0 Å². The van der Waals surface area contributed by atoms with E-state index in [1.165, 1.54) is 10.4 Å². The van der Waals surface area contributed by atoms with Crippen molar-refractivity contribution < 1.29 is 5.11 Å². The van der Waals surface area contributed by atoms with Crippen molar-refractivity contribution >= 4 is 11.3 Å². The number of thiophene rings is 1. The molecule has 0 aliphatic heterocycles. The molecule has 13 heavy (non-hydrogen) atoms. The number of hydrogen-bond donors (Lipinski definition) is 1. The number of aliphatic hydroxyl groups excluding tert-OH is 1. The lowest BCUT2D eigenvalue weighted by Gasteiger charge is -2.23. The van der Waals surface area contributed by atoms with E-state index < -0.39 is 0 Å². The van der Waals surface area contributed by atoms with Gasteiger partial charge in [-0.15, -0.1) is 11.3 Å². The van der Waals surface area contributed by atoms with Gasteiger partial charge in [0.05, 0.1) is 6.10 Å². The Morgan fingerprint density at radius 2 is 2.38 bits per heavy atom. The summed E-state index contributed by atoms with van der Waals surface area (Å²) in [6, 6.07) is 2.18. The van der Waals surface area contributed by atoms with E-state index in [1.54, 1.807) is 0 Å². The monoisotopic (exact) mass is 196 g/mol. The van der Waals surface area contributed by atoms with Crippen LogP contribution >= 0.6 is 11.3 Å². The third-order valence-corrected chi connectivity index (χ3v) is 4.45. The van der Waals surface area contributed by atoms with E-state index in [-0.39, 0.29) is 11.5 Å². The molecule has 1 aromatic heterocycles. The molecule has 0 spiro atoms. The van der Waals surface area contributed by atoms with Gasteiger partial charge in [0, 0.05) is 10.3 Å². The van der Waals surface area contributed by atoms with Crippen LogP contribution in [0.15, 0.2) is 11.4 Å². The molecule has 0 bridgehead atoms. The molecule has 2 rings (SSSR count). The van der Waals surface area contributed by atoms with Gasteiger partial charge in [0.1, 0.15) is 0 Å². The van der Waals surface area contributed by atoms with Crippen LogP contribution in [0.2, 0.25) is 0 Å². The number of aryl methyl sites for hydroxylation is 1. The number of hydrogen-bond acceptors (Lipinski definition) is 2. The SMILES string of the molecule is Cc1ccsc1C1(C)CCC(O)C1. The standard InChI is InChI=1S/C11H16OS/c1-8-4-6-13-10(8)11(2)5-3-9(12)7-11/h4,6,9,12H,3,5,7H2,1-2H3. The van der Waals surface area contributed by atoms with Gasteiger partial charge in [-0.05, 0) is 43.2 Å². The molecule has 72 valence electrons. The van der Waals surface area contributed by atoms with Crippen LogP contribution in [0.4, 0.5) is 0 Å². The summed E-state index contributed by atoms with van der Waals surface area (Å²) >= 11 is 1.84. The molecule has 2 heteroatoms. The molecule has 2 atom stereocenters. The second-order valence-corrected chi connectivity index (χ2v) is 5.31. The lowest BCUT2D eigenvalue weighted by Crippen LogP contribution is -2.18. The fourth-order valence-corrected chi connectivity index (χ4v) is 3.54. The summed E-state index contributed by atoms with van der Waals surface area (Å²) in [5.74, 6) is 0. The maximum atomic E-state index is 9.56. The Hall–Kier alpha value is -0.340. The van der Waals surface area contributed by atoms with Crippen LogP contribution in [0.1, 0.15) is 36.6 Å². The highest BCUT2D eigenvalue weighted by atomic mass is 32.1. The maximum Gasteiger partial charge on any atom is 0.0549 e. The first kappa shape index (κ1) is 9.22. The van der Waals surface area contributed by atoms with E-state index in [9.17, 15) is 5.11 Å². The predicted octanol–water partition coefficient (Wildman–Crippen LogP) is 2.86. The average molecular weight is 196 g/mol. The highest BCUT2D eigenvalue weighted by molar-refractivity contribution is 7.10. The van der Waals surface area contributed by atoms with Gasteiger partial charge in [-0.25, -0.2) is 0 Å². The first-order valence-corrected chi connectivity index (χ1v) is 5.72. The van der Waals surface area contributed by atoms with Crippen molar-refractivity contribution in [2.45, 2.75) is 44.6 Å². The molecule has 2 unspecified atom stereocenters. The van der Waals surface area contributed by atoms with E-state index in [0.717, 1.165) is 19.3 Å². The van der Waals surface area contributed by atoms with Gasteiger partial charge in [0.2, 0.25) is 0 Å². The molecule has 1 fully saturated rings. The first-order valence-electron chi connectivity index (χ1n) is 4.84. The average Bonchev–Trinajstić information content (AvgIpc) is 2.59. The molecule has 1 heterocycles. The van der Waals surface area contributed by atoms with E-state index in [0.29, 0.717) is 0 Å². The molecule has 0 amide bonds. The highest BCUT2D eigenvalue weighted by Crippen LogP contribution is 2.44. The zero-order chi connectivity index (χ0) is 9.47. The molecule has 1 aliphatic rings. The van der Waals surface area contributed by atoms with Gasteiger partial charge in [0.15, 0.2) is 0 Å². The predicted molar refractivity (Wildman–Crippen MR) is 56.3 cm³/mol. The van der Waals surface area contributed by atoms with E-state index >= 15 is 0 Å². The smallest absolute Gasteiger partial charge is 0.0549 e. The molecular formula is C11H16OS. The summed E-state index contributed by atoms with van der Waals surface area (Å²) in [6.45, 7) is 4.45. The third kappa shape index (κ3) is 1.53. The minimum absolute atomic E-state index is 0.0773. The van der Waals surface area contributed by atoms with Crippen molar-refractivity contribution in [2.24, 2.45) is 0 Å². The third-order valence-electron chi connectivity index (χ3n) is 3.13. The largest absolute Gasteiger partial charge is 0.393 e. The molecule has 1 aliphatic carbocycles. The van der Waals surface area contributed by atoms with Gasteiger partial charge >= 0.3 is 0 Å². The van der Waals surface area contributed by atoms with E-state index in [2.05, 4.69) is 25.3 Å². The Kier molecular flexibility index (Phi) is 2.20. The number of aliphatic hydroxyl groups is 1. The van der Waals surface area contributed by atoms with Crippen LogP contribution in [0.3, 0.4) is 0 Å². The lowest BCUT2D eigenvalue weighted by atomic mass is 9.85. The van der Waals surface area contributed by atoms with Crippen LogP contribution in [-0.2, 0) is 5.41 Å². The maximum absolute atomic E-state index is 9.56. The Morgan fingerprint density at radius 1 is 1.62 bits per heavy atom. The molecule has 0 radical (unpaired) electrons. The second kappa shape index (κ2) is 3.10. The van der Waals surface area contributed by atoms with Crippen molar-refractivity contribution in [1.29, 1.82) is 0 Å². The van der Waals surface area contributed by atoms with Crippen molar-refractivity contribution in [1.82, 2.24) is 0 Å². The van der Waals surface area contributed by atoms with E-state index in [1.807, 2.05) is 11.3 Å². The summed E-state index contributed by atoms with van der Waals surface area (Å²) in [4.78, 5) is 1.48. The molecule has 0 saturated heterocycles. The fraction of sp³-hybridized carbons (Fsp3) is 0.636. The Labute approximate surface area is 83.4 Å². The molecular weight excluding hydrogens is 180 g/mol. The van der Waals surface area contributed by atoms with Crippen molar-refractivity contribution in [3.63, 3.8) is 0 Å². The minimum Gasteiger partial charge on any atom is -0.393 e. The van der Waals surface area contributed by atoms with E-state index in [4.69, 9.17) is 0 Å². The van der Waals surface area contributed by atoms with Crippen LogP contribution < -0.4 is 0 Å². The topological polar surface area (TPSA) is 20.2 Å². The molecule has 1 saturated carbocycles. The molecule has 1 N–H and O–H groups in total. The zero-order valence-corrected chi connectivity index (χ0v) is 9.03. The molecule has 0 aromatic carbocycles. The van der Waals surface area contributed by atoms with Crippen LogP contribution in [0.25, 0.3) is 0 Å². The van der Waals surface area contributed by atoms with Crippen molar-refractivity contribution in [2.75, 3.05) is 0 Å². The van der Waals surface area contributed by atoms with Gasteiger partial charge in [-0.1, -0.05) is 6.92 Å². The summed E-state index contributed by atoms with van der Waals surface area (Å²) in [6.07, 6.45) is 2.96. The number of rotatable bonds is 1. The summed E-state index contributed by atoms with van der Waals surface area (Å²) in [5.41, 5.74) is 1.64. The Balaban J connectivity index is 2.30. The normalized spacial score (nSPS) is 33.9. The van der Waals surface area contributed by atoms with Crippen LogP contribution in [-0.4, -0.2) is 11.2 Å². The fourth-order valence-electron chi connectivity index (χ4n) is 2.41. The highest BCUT2D eigenvalue weighted by Gasteiger charge is 2.37. The first-order chi connectivity index (χ1) is 6.12. The summed E-state index contributed by atoms with van der Waals surface area (Å²) < 4.78 is 0. The van der Waals surface area contributed by atoms with Crippen LogP contribution in [0.5, 0.6) is 0 Å². The van der Waals surface area contributed by atoms with Crippen molar-refractivity contribution in [3.05, 3.63) is 21.9 Å². The van der Waals surface area contributed by atoms with Gasteiger partial charge in [-0.3, -0.25) is 0 Å². The van der Waals surface area contributed by atoms with Crippen molar-refractivity contribution in [3.8, 4) is 0 Å². The van der Waals surface area contributed by atoms with Crippen LogP contribution in [0, 0.1) is 6.92 Å². The lowest BCUT2D eigenvalue weighted by molar-refractivity contribution is 0.175. The summed E-state index contributed by atoms with van der Waals surface area (Å²) in [5, 5.41) is 11.7. The molecule has 1 aromatic rings. The van der Waals surface area contributed by atoms with Gasteiger partial charge < -0.3 is 5.11 Å². The summed E-state index contributed by atoms with van der Waals surface area (Å²) in [7, 11) is 0. The Morgan fingerprint density at radius 3 is 2.85 bits per heavy atom. The minimum atomic E-state index is -0.0773. The Bertz CT molecular complexity index is 305. The molecule has 1 nitrogen and oxygen atoms in total. The zero-order valence-electron chi connectivity index (χ0n) is 8.21. The van der Waals surface area contributed by atoms with Gasteiger partial charge in [0.25, 0.3) is 0 Å². The second-order valence-electron chi connectivity index (χ2n) is 4.39. The quantitative estimate of drug-likeness (QED) is 0.732.